The molecule has 1 heterocycles. The number of benzene rings is 1. The number of ketones is 1. The van der Waals surface area contributed by atoms with Crippen LogP contribution in [0.1, 0.15) is 40.0 Å². The lowest BCUT2D eigenvalue weighted by molar-refractivity contribution is -0.168. The van der Waals surface area contributed by atoms with E-state index in [9.17, 15) is 9.59 Å². The van der Waals surface area contributed by atoms with E-state index in [0.717, 1.165) is 0 Å². The standard InChI is InChI=1S/C22H28O7/c1-13(2)27-22(24)14(3)28-17-9-10-18-19(11-17)26-12-20(21(18)23)29-16-7-5-15(25-4)6-8-16/h5-8,12-14,17-19H,9-11H2,1-4H3. The first-order valence-corrected chi connectivity index (χ1v) is 9.95. The van der Waals surface area contributed by atoms with E-state index in [0.29, 0.717) is 30.8 Å². The van der Waals surface area contributed by atoms with Gasteiger partial charge in [0.05, 0.1) is 25.2 Å². The van der Waals surface area contributed by atoms with Gasteiger partial charge >= 0.3 is 5.97 Å². The highest BCUT2D eigenvalue weighted by Gasteiger charge is 2.42. The van der Waals surface area contributed by atoms with Gasteiger partial charge in [-0.1, -0.05) is 0 Å². The second-order valence-electron chi connectivity index (χ2n) is 7.60. The normalized spacial score (nSPS) is 24.8. The molecule has 0 aromatic heterocycles. The Morgan fingerprint density at radius 2 is 1.79 bits per heavy atom. The van der Waals surface area contributed by atoms with Gasteiger partial charge in [0.1, 0.15) is 23.9 Å². The van der Waals surface area contributed by atoms with Crippen molar-refractivity contribution in [3.8, 4) is 11.5 Å². The number of allylic oxidation sites excluding steroid dienone is 1. The topological polar surface area (TPSA) is 80.3 Å². The maximum atomic E-state index is 12.8. The molecular formula is C22H28O7. The number of hydrogen-bond donors (Lipinski definition) is 0. The highest BCUT2D eigenvalue weighted by atomic mass is 16.6. The molecule has 4 atom stereocenters. The second kappa shape index (κ2) is 9.31. The molecular weight excluding hydrogens is 376 g/mol. The Labute approximate surface area is 170 Å². The maximum absolute atomic E-state index is 12.8. The molecule has 1 aliphatic carbocycles. The molecule has 0 bridgehead atoms. The number of fused-ring (bicyclic) bond motifs is 1. The predicted octanol–water partition coefficient (Wildman–Crippen LogP) is 3.41. The van der Waals surface area contributed by atoms with Gasteiger partial charge in [0.2, 0.25) is 11.5 Å². The summed E-state index contributed by atoms with van der Waals surface area (Å²) in [6.45, 7) is 5.29. The largest absolute Gasteiger partial charge is 0.497 e. The molecule has 1 aliphatic heterocycles. The van der Waals surface area contributed by atoms with Gasteiger partial charge in [-0.2, -0.15) is 0 Å². The summed E-state index contributed by atoms with van der Waals surface area (Å²) < 4.78 is 27.7. The van der Waals surface area contributed by atoms with Crippen molar-refractivity contribution in [1.29, 1.82) is 0 Å². The van der Waals surface area contributed by atoms with Gasteiger partial charge in [0, 0.05) is 6.42 Å². The number of hydrogen-bond acceptors (Lipinski definition) is 7. The third-order valence-corrected chi connectivity index (χ3v) is 5.04. The monoisotopic (exact) mass is 404 g/mol. The Hall–Kier alpha value is -2.54. The molecule has 0 saturated heterocycles. The van der Waals surface area contributed by atoms with E-state index in [2.05, 4.69) is 0 Å². The summed E-state index contributed by atoms with van der Waals surface area (Å²) in [5.41, 5.74) is 0. The van der Waals surface area contributed by atoms with E-state index in [4.69, 9.17) is 23.7 Å². The minimum Gasteiger partial charge on any atom is -0.497 e. The van der Waals surface area contributed by atoms with Crippen molar-refractivity contribution in [3.05, 3.63) is 36.3 Å². The Balaban J connectivity index is 1.57. The Morgan fingerprint density at radius 1 is 1.10 bits per heavy atom. The first-order valence-electron chi connectivity index (χ1n) is 9.95. The number of rotatable bonds is 7. The lowest BCUT2D eigenvalue weighted by Crippen LogP contribution is -2.44. The van der Waals surface area contributed by atoms with Crippen LogP contribution in [0, 0.1) is 5.92 Å². The lowest BCUT2D eigenvalue weighted by Gasteiger charge is -2.37. The van der Waals surface area contributed by atoms with Crippen LogP contribution in [0.5, 0.6) is 11.5 Å². The Kier molecular flexibility index (Phi) is 6.79. The first-order chi connectivity index (χ1) is 13.9. The van der Waals surface area contributed by atoms with Crippen molar-refractivity contribution in [2.75, 3.05) is 7.11 Å². The zero-order valence-electron chi connectivity index (χ0n) is 17.3. The van der Waals surface area contributed by atoms with Gasteiger partial charge < -0.3 is 23.7 Å². The number of carbonyl (C=O) groups excluding carboxylic acids is 2. The summed E-state index contributed by atoms with van der Waals surface area (Å²) in [7, 11) is 1.59. The van der Waals surface area contributed by atoms with Gasteiger partial charge in [0.25, 0.3) is 0 Å². The molecule has 0 radical (unpaired) electrons. The van der Waals surface area contributed by atoms with Crippen LogP contribution in [0.3, 0.4) is 0 Å². The summed E-state index contributed by atoms with van der Waals surface area (Å²) in [4.78, 5) is 24.8. The molecule has 2 aliphatic rings. The third kappa shape index (κ3) is 5.29. The van der Waals surface area contributed by atoms with Crippen LogP contribution in [0.4, 0.5) is 0 Å². The molecule has 0 spiro atoms. The number of carbonyl (C=O) groups is 2. The predicted molar refractivity (Wildman–Crippen MR) is 104 cm³/mol. The van der Waals surface area contributed by atoms with Crippen molar-refractivity contribution in [1.82, 2.24) is 0 Å². The van der Waals surface area contributed by atoms with Gasteiger partial charge in [0.15, 0.2) is 6.10 Å². The molecule has 1 saturated carbocycles. The highest BCUT2D eigenvalue weighted by molar-refractivity contribution is 5.96. The molecule has 7 nitrogen and oxygen atoms in total. The van der Waals surface area contributed by atoms with Crippen molar-refractivity contribution in [2.45, 2.75) is 64.4 Å². The van der Waals surface area contributed by atoms with Crippen LogP contribution in [-0.2, 0) is 23.8 Å². The molecule has 158 valence electrons. The number of methoxy groups -OCH3 is 1. The van der Waals surface area contributed by atoms with Crippen molar-refractivity contribution in [2.24, 2.45) is 5.92 Å². The number of ether oxygens (including phenoxy) is 5. The molecule has 4 unspecified atom stereocenters. The van der Waals surface area contributed by atoms with Crippen molar-refractivity contribution < 1.29 is 33.3 Å². The number of Topliss-reactive ketones (excluding diaryl/α,β-unsaturated/α-hetero) is 1. The van der Waals surface area contributed by atoms with E-state index in [1.165, 1.54) is 6.26 Å². The van der Waals surface area contributed by atoms with Crippen LogP contribution in [0.2, 0.25) is 0 Å². The smallest absolute Gasteiger partial charge is 0.335 e. The van der Waals surface area contributed by atoms with E-state index in [1.807, 2.05) is 0 Å². The van der Waals surface area contributed by atoms with Crippen LogP contribution < -0.4 is 9.47 Å². The summed E-state index contributed by atoms with van der Waals surface area (Å²) in [5, 5.41) is 0. The van der Waals surface area contributed by atoms with E-state index in [-0.39, 0.29) is 41.7 Å². The zero-order valence-corrected chi connectivity index (χ0v) is 17.3. The third-order valence-electron chi connectivity index (χ3n) is 5.04. The summed E-state index contributed by atoms with van der Waals surface area (Å²) in [6.07, 6.45) is 1.94. The zero-order chi connectivity index (χ0) is 21.0. The molecule has 1 fully saturated rings. The molecule has 3 rings (SSSR count). The van der Waals surface area contributed by atoms with Gasteiger partial charge in [-0.15, -0.1) is 0 Å². The van der Waals surface area contributed by atoms with Crippen LogP contribution in [0.25, 0.3) is 0 Å². The van der Waals surface area contributed by atoms with Gasteiger partial charge in [-0.25, -0.2) is 4.79 Å². The van der Waals surface area contributed by atoms with Gasteiger partial charge in [-0.3, -0.25) is 4.79 Å². The second-order valence-corrected chi connectivity index (χ2v) is 7.60. The summed E-state index contributed by atoms with van der Waals surface area (Å²) in [5.74, 6) is 0.737. The van der Waals surface area contributed by atoms with Gasteiger partial charge in [-0.05, 0) is 57.9 Å². The molecule has 0 amide bonds. The minimum absolute atomic E-state index is 0.0669. The van der Waals surface area contributed by atoms with Crippen molar-refractivity contribution >= 4 is 11.8 Å². The van der Waals surface area contributed by atoms with E-state index < -0.39 is 6.10 Å². The quantitative estimate of drug-likeness (QED) is 0.644. The minimum atomic E-state index is -0.650. The van der Waals surface area contributed by atoms with Crippen LogP contribution in [-0.4, -0.2) is 43.3 Å². The Bertz CT molecular complexity index is 753. The molecule has 29 heavy (non-hydrogen) atoms. The van der Waals surface area contributed by atoms with Crippen LogP contribution >= 0.6 is 0 Å². The molecule has 0 N–H and O–H groups in total. The fraction of sp³-hybridized carbons (Fsp3) is 0.545. The molecule has 7 heteroatoms. The maximum Gasteiger partial charge on any atom is 0.335 e. The van der Waals surface area contributed by atoms with Crippen molar-refractivity contribution in [3.63, 3.8) is 0 Å². The molecule has 1 aromatic carbocycles. The first kappa shape index (κ1) is 21.2. The fourth-order valence-corrected chi connectivity index (χ4v) is 3.57. The lowest BCUT2D eigenvalue weighted by atomic mass is 9.80. The summed E-state index contributed by atoms with van der Waals surface area (Å²) in [6, 6.07) is 7.00. The average Bonchev–Trinajstić information content (AvgIpc) is 2.70. The van der Waals surface area contributed by atoms with Crippen LogP contribution in [0.15, 0.2) is 36.3 Å². The van der Waals surface area contributed by atoms with E-state index in [1.54, 1.807) is 52.1 Å². The highest BCUT2D eigenvalue weighted by Crippen LogP contribution is 2.35. The number of esters is 1. The average molecular weight is 404 g/mol. The van der Waals surface area contributed by atoms with E-state index >= 15 is 0 Å². The summed E-state index contributed by atoms with van der Waals surface area (Å²) >= 11 is 0. The molecule has 1 aromatic rings. The Morgan fingerprint density at radius 3 is 2.45 bits per heavy atom. The fourth-order valence-electron chi connectivity index (χ4n) is 3.57. The SMILES string of the molecule is COc1ccc(OC2=COC3CC(OC(C)C(=O)OC(C)C)CCC3C2=O)cc1.